The summed E-state index contributed by atoms with van der Waals surface area (Å²) in [6.07, 6.45) is 0. The molecule has 0 spiro atoms. The van der Waals surface area contributed by atoms with Gasteiger partial charge in [-0.1, -0.05) is 18.2 Å². The summed E-state index contributed by atoms with van der Waals surface area (Å²) in [7, 11) is 1.73. The Morgan fingerprint density at radius 1 is 1.22 bits per heavy atom. The Balaban J connectivity index is 1.83. The van der Waals surface area contributed by atoms with Gasteiger partial charge in [-0.15, -0.1) is 11.3 Å². The highest BCUT2D eigenvalue weighted by atomic mass is 32.1. The Morgan fingerprint density at radius 2 is 2.00 bits per heavy atom. The van der Waals surface area contributed by atoms with Crippen LogP contribution < -0.4 is 5.32 Å². The van der Waals surface area contributed by atoms with Crippen molar-refractivity contribution in [1.29, 1.82) is 0 Å². The number of para-hydroxylation sites is 1. The molecule has 1 N–H and O–H groups in total. The van der Waals surface area contributed by atoms with Crippen LogP contribution in [0.2, 0.25) is 0 Å². The minimum absolute atomic E-state index is 0.716. The average Bonchev–Trinajstić information content (AvgIpc) is 3.12. The Labute approximate surface area is 140 Å². The van der Waals surface area contributed by atoms with Crippen LogP contribution >= 0.6 is 11.3 Å². The van der Waals surface area contributed by atoms with E-state index in [4.69, 9.17) is 9.72 Å². The minimum atomic E-state index is 0.716. The lowest BCUT2D eigenvalue weighted by Crippen LogP contribution is -2.07. The van der Waals surface area contributed by atoms with Crippen LogP contribution in [0.25, 0.3) is 11.3 Å². The molecule has 2 heterocycles. The molecule has 1 aromatic carbocycles. The number of nitrogens with one attached hydrogen (secondary N) is 1. The molecule has 2 aromatic heterocycles. The van der Waals surface area contributed by atoms with Crippen LogP contribution in [0.5, 0.6) is 0 Å². The van der Waals surface area contributed by atoms with Gasteiger partial charge in [-0.2, -0.15) is 0 Å². The van der Waals surface area contributed by atoms with Crippen LogP contribution in [0, 0.1) is 13.8 Å². The van der Waals surface area contributed by atoms with Crippen LogP contribution in [0.4, 0.5) is 10.8 Å². The molecule has 0 atom stereocenters. The van der Waals surface area contributed by atoms with E-state index in [1.54, 1.807) is 18.4 Å². The molecule has 0 saturated carbocycles. The van der Waals surface area contributed by atoms with Gasteiger partial charge < -0.3 is 14.6 Å². The number of ether oxygens (including phenoxy) is 1. The molecule has 0 bridgehead atoms. The van der Waals surface area contributed by atoms with Crippen LogP contribution in [-0.4, -0.2) is 23.3 Å². The van der Waals surface area contributed by atoms with Gasteiger partial charge in [0.25, 0.3) is 0 Å². The first-order valence-corrected chi connectivity index (χ1v) is 8.50. The van der Waals surface area contributed by atoms with Gasteiger partial charge in [0, 0.05) is 41.7 Å². The molecule has 0 amide bonds. The zero-order valence-corrected chi connectivity index (χ0v) is 14.5. The van der Waals surface area contributed by atoms with Crippen LogP contribution in [0.1, 0.15) is 11.4 Å². The third kappa shape index (κ3) is 3.46. The van der Waals surface area contributed by atoms with Crippen LogP contribution in [0.3, 0.4) is 0 Å². The lowest BCUT2D eigenvalue weighted by molar-refractivity contribution is 0.186. The predicted octanol–water partition coefficient (Wildman–Crippen LogP) is 4.62. The van der Waals surface area contributed by atoms with E-state index in [0.29, 0.717) is 6.61 Å². The van der Waals surface area contributed by atoms with Crippen molar-refractivity contribution in [3.8, 4) is 11.3 Å². The van der Waals surface area contributed by atoms with Crippen molar-refractivity contribution in [2.24, 2.45) is 0 Å². The summed E-state index contributed by atoms with van der Waals surface area (Å²) >= 11 is 1.62. The summed E-state index contributed by atoms with van der Waals surface area (Å²) in [6, 6.07) is 12.3. The number of hydrogen-bond donors (Lipinski definition) is 1. The van der Waals surface area contributed by atoms with Crippen LogP contribution in [0.15, 0.2) is 41.8 Å². The standard InChI is InChI=1S/C18H21N3OS/c1-13-11-16(14(2)21(13)9-10-22-3)17-12-23-18(20-17)19-15-7-5-4-6-8-15/h4-8,11-12H,9-10H2,1-3H3,(H,19,20). The molecule has 120 valence electrons. The third-order valence-corrected chi connectivity index (χ3v) is 4.66. The molecule has 23 heavy (non-hydrogen) atoms. The van der Waals surface area contributed by atoms with Crippen molar-refractivity contribution in [3.05, 3.63) is 53.2 Å². The molecular formula is C18H21N3OS. The van der Waals surface area contributed by atoms with Crippen molar-refractivity contribution >= 4 is 22.2 Å². The third-order valence-electron chi connectivity index (χ3n) is 3.90. The maximum Gasteiger partial charge on any atom is 0.187 e. The molecular weight excluding hydrogens is 306 g/mol. The molecule has 3 aromatic rings. The highest BCUT2D eigenvalue weighted by Crippen LogP contribution is 2.31. The first-order valence-electron chi connectivity index (χ1n) is 7.62. The molecule has 5 heteroatoms. The second kappa shape index (κ2) is 6.98. The van der Waals surface area contributed by atoms with Crippen molar-refractivity contribution in [3.63, 3.8) is 0 Å². The van der Waals surface area contributed by atoms with Crippen molar-refractivity contribution in [2.75, 3.05) is 19.0 Å². The molecule has 0 unspecified atom stereocenters. The van der Waals surface area contributed by atoms with Crippen molar-refractivity contribution in [2.45, 2.75) is 20.4 Å². The zero-order chi connectivity index (χ0) is 16.2. The van der Waals surface area contributed by atoms with Gasteiger partial charge in [-0.05, 0) is 32.0 Å². The van der Waals surface area contributed by atoms with Crippen LogP contribution in [-0.2, 0) is 11.3 Å². The second-order valence-electron chi connectivity index (χ2n) is 5.46. The van der Waals surface area contributed by atoms with E-state index < -0.39 is 0 Å². The first-order chi connectivity index (χ1) is 11.2. The number of anilines is 2. The van der Waals surface area contributed by atoms with Gasteiger partial charge >= 0.3 is 0 Å². The molecule has 0 saturated heterocycles. The zero-order valence-electron chi connectivity index (χ0n) is 13.7. The average molecular weight is 327 g/mol. The highest BCUT2D eigenvalue weighted by molar-refractivity contribution is 7.14. The van der Waals surface area contributed by atoms with E-state index in [2.05, 4.69) is 35.2 Å². The summed E-state index contributed by atoms with van der Waals surface area (Å²) in [6.45, 7) is 5.85. The number of hydrogen-bond acceptors (Lipinski definition) is 4. The molecule has 4 nitrogen and oxygen atoms in total. The normalized spacial score (nSPS) is 10.9. The van der Waals surface area contributed by atoms with Gasteiger partial charge in [-0.25, -0.2) is 4.98 Å². The molecule has 0 aliphatic carbocycles. The number of nitrogens with zero attached hydrogens (tertiary/aromatic N) is 2. The largest absolute Gasteiger partial charge is 0.383 e. The first kappa shape index (κ1) is 15.8. The Morgan fingerprint density at radius 3 is 2.74 bits per heavy atom. The monoisotopic (exact) mass is 327 g/mol. The van der Waals surface area contributed by atoms with Crippen molar-refractivity contribution < 1.29 is 4.74 Å². The predicted molar refractivity (Wildman–Crippen MR) is 96.6 cm³/mol. The van der Waals surface area contributed by atoms with Gasteiger partial charge in [0.2, 0.25) is 0 Å². The maximum absolute atomic E-state index is 5.20. The highest BCUT2D eigenvalue weighted by Gasteiger charge is 2.13. The minimum Gasteiger partial charge on any atom is -0.383 e. The van der Waals surface area contributed by atoms with Gasteiger partial charge in [0.1, 0.15) is 0 Å². The topological polar surface area (TPSA) is 39.1 Å². The van der Waals surface area contributed by atoms with Gasteiger partial charge in [0.05, 0.1) is 12.3 Å². The smallest absolute Gasteiger partial charge is 0.187 e. The molecule has 3 rings (SSSR count). The molecule has 0 aliphatic rings. The fourth-order valence-electron chi connectivity index (χ4n) is 2.69. The van der Waals surface area contributed by atoms with E-state index in [1.807, 2.05) is 30.3 Å². The quantitative estimate of drug-likeness (QED) is 0.718. The van der Waals surface area contributed by atoms with E-state index in [9.17, 15) is 0 Å². The molecule has 0 fully saturated rings. The number of aryl methyl sites for hydroxylation is 1. The summed E-state index contributed by atoms with van der Waals surface area (Å²) in [5.41, 5.74) is 5.73. The van der Waals surface area contributed by atoms with Gasteiger partial charge in [-0.3, -0.25) is 0 Å². The van der Waals surface area contributed by atoms with Gasteiger partial charge in [0.15, 0.2) is 5.13 Å². The lowest BCUT2D eigenvalue weighted by Gasteiger charge is -2.08. The summed E-state index contributed by atoms with van der Waals surface area (Å²) < 4.78 is 7.48. The Bertz CT molecular complexity index is 777. The Kier molecular flexibility index (Phi) is 4.79. The SMILES string of the molecule is COCCn1c(C)cc(-c2csc(Nc3ccccc3)n2)c1C. The van der Waals surface area contributed by atoms with E-state index in [-0.39, 0.29) is 0 Å². The second-order valence-corrected chi connectivity index (χ2v) is 6.32. The number of benzene rings is 1. The maximum atomic E-state index is 5.20. The number of thiazole rings is 1. The fourth-order valence-corrected chi connectivity index (χ4v) is 3.42. The van der Waals surface area contributed by atoms with E-state index >= 15 is 0 Å². The summed E-state index contributed by atoms with van der Waals surface area (Å²) in [5.74, 6) is 0. The summed E-state index contributed by atoms with van der Waals surface area (Å²) in [5, 5.41) is 6.36. The number of rotatable bonds is 6. The lowest BCUT2D eigenvalue weighted by atomic mass is 10.2. The van der Waals surface area contributed by atoms with Crippen molar-refractivity contribution in [1.82, 2.24) is 9.55 Å². The number of aromatic nitrogens is 2. The molecule has 0 aliphatic heterocycles. The van der Waals surface area contributed by atoms with E-state index in [1.165, 1.54) is 17.0 Å². The fraction of sp³-hybridized carbons (Fsp3) is 0.278. The summed E-state index contributed by atoms with van der Waals surface area (Å²) in [4.78, 5) is 4.73. The number of methoxy groups -OCH3 is 1. The molecule has 0 radical (unpaired) electrons. The van der Waals surface area contributed by atoms with E-state index in [0.717, 1.165) is 23.1 Å². The Hall–Kier alpha value is -2.11.